The molecule has 0 aliphatic carbocycles. The molecule has 2 aliphatic heterocycles. The Hall–Kier alpha value is -2.62. The molecule has 2 aromatic rings. The third-order valence-electron chi connectivity index (χ3n) is 4.64. The Morgan fingerprint density at radius 1 is 0.909 bits per heavy atom. The van der Waals surface area contributed by atoms with Crippen LogP contribution < -0.4 is 9.80 Å². The van der Waals surface area contributed by atoms with E-state index in [0.717, 1.165) is 11.3 Å². The van der Waals surface area contributed by atoms with Gasteiger partial charge >= 0.3 is 0 Å². The van der Waals surface area contributed by atoms with Crippen molar-refractivity contribution in [2.45, 2.75) is 12.5 Å². The average molecular weight is 292 g/mol. The lowest BCUT2D eigenvalue weighted by atomic mass is 9.87. The zero-order valence-corrected chi connectivity index (χ0v) is 12.3. The number of carbonyl (C=O) groups is 2. The van der Waals surface area contributed by atoms with Crippen molar-refractivity contribution < 1.29 is 9.59 Å². The van der Waals surface area contributed by atoms with Crippen LogP contribution in [0.25, 0.3) is 0 Å². The van der Waals surface area contributed by atoms with E-state index in [2.05, 4.69) is 0 Å². The van der Waals surface area contributed by atoms with Gasteiger partial charge in [0.2, 0.25) is 5.91 Å². The lowest BCUT2D eigenvalue weighted by Gasteiger charge is -2.34. The smallest absolute Gasteiger partial charge is 0.257 e. The summed E-state index contributed by atoms with van der Waals surface area (Å²) in [7, 11) is 1.90. The van der Waals surface area contributed by atoms with Crippen molar-refractivity contribution in [1.29, 1.82) is 0 Å². The van der Waals surface area contributed by atoms with Gasteiger partial charge in [-0.2, -0.15) is 0 Å². The third kappa shape index (κ3) is 1.70. The summed E-state index contributed by atoms with van der Waals surface area (Å²) >= 11 is 0. The van der Waals surface area contributed by atoms with E-state index in [1.165, 1.54) is 4.90 Å². The van der Waals surface area contributed by atoms with E-state index in [9.17, 15) is 9.59 Å². The third-order valence-corrected chi connectivity index (χ3v) is 4.64. The minimum atomic E-state index is -0.400. The Balaban J connectivity index is 1.78. The molecule has 0 radical (unpaired) electrons. The fourth-order valence-electron chi connectivity index (χ4n) is 3.59. The van der Waals surface area contributed by atoms with Crippen molar-refractivity contribution in [2.24, 2.45) is 5.92 Å². The summed E-state index contributed by atoms with van der Waals surface area (Å²) in [6, 6.07) is 16.8. The summed E-state index contributed by atoms with van der Waals surface area (Å²) in [5.74, 6) is -0.520. The van der Waals surface area contributed by atoms with Crippen LogP contribution in [0.3, 0.4) is 0 Å². The highest BCUT2D eigenvalue weighted by atomic mass is 16.2. The topological polar surface area (TPSA) is 40.6 Å². The Bertz CT molecular complexity index is 757. The number of amides is 2. The number of likely N-dealkylation sites (N-methyl/N-ethyl adjacent to an activating group) is 1. The molecule has 4 nitrogen and oxygen atoms in total. The van der Waals surface area contributed by atoms with Crippen LogP contribution >= 0.6 is 0 Å². The molecule has 4 heteroatoms. The maximum Gasteiger partial charge on any atom is 0.257 e. The summed E-state index contributed by atoms with van der Waals surface area (Å²) in [4.78, 5) is 28.9. The first-order chi connectivity index (χ1) is 10.7. The number of nitrogens with zero attached hydrogens (tertiary/aromatic N) is 2. The average Bonchev–Trinajstić information content (AvgIpc) is 2.80. The molecule has 2 aliphatic rings. The Kier molecular flexibility index (Phi) is 2.79. The summed E-state index contributed by atoms with van der Waals surface area (Å²) in [5, 5.41) is 0. The normalized spacial score (nSPS) is 23.5. The zero-order valence-electron chi connectivity index (χ0n) is 12.3. The number of para-hydroxylation sites is 2. The number of rotatable bonds is 1. The number of benzene rings is 2. The van der Waals surface area contributed by atoms with Gasteiger partial charge in [-0.15, -0.1) is 0 Å². The summed E-state index contributed by atoms with van der Waals surface area (Å²) < 4.78 is 0. The standard InChI is InChI=1S/C18H16N2O2/c1-19-15-10-6-5-7-12(15)11-14-16(19)18(22)20(17(14)21)13-8-3-2-4-9-13/h2-10,14,16H,11H2,1H3. The zero-order chi connectivity index (χ0) is 15.3. The van der Waals surface area contributed by atoms with Crippen molar-refractivity contribution in [1.82, 2.24) is 0 Å². The first-order valence-electron chi connectivity index (χ1n) is 7.42. The predicted octanol–water partition coefficient (Wildman–Crippen LogP) is 2.24. The molecule has 0 spiro atoms. The Morgan fingerprint density at radius 3 is 2.36 bits per heavy atom. The van der Waals surface area contributed by atoms with Crippen LogP contribution in [0.1, 0.15) is 5.56 Å². The van der Waals surface area contributed by atoms with Gasteiger partial charge in [-0.1, -0.05) is 36.4 Å². The number of fused-ring (bicyclic) bond motifs is 2. The molecule has 2 amide bonds. The van der Waals surface area contributed by atoms with E-state index in [1.54, 1.807) is 12.1 Å². The molecular formula is C18H16N2O2. The van der Waals surface area contributed by atoms with E-state index in [4.69, 9.17) is 0 Å². The fourth-order valence-corrected chi connectivity index (χ4v) is 3.59. The quantitative estimate of drug-likeness (QED) is 0.757. The molecule has 1 saturated heterocycles. The molecule has 2 aromatic carbocycles. The van der Waals surface area contributed by atoms with Gasteiger partial charge in [-0.05, 0) is 30.2 Å². The van der Waals surface area contributed by atoms with Gasteiger partial charge in [0.1, 0.15) is 6.04 Å². The van der Waals surface area contributed by atoms with Crippen molar-refractivity contribution >= 4 is 23.2 Å². The molecular weight excluding hydrogens is 276 g/mol. The number of anilines is 2. The first-order valence-corrected chi connectivity index (χ1v) is 7.42. The van der Waals surface area contributed by atoms with Crippen LogP contribution in [0.4, 0.5) is 11.4 Å². The maximum atomic E-state index is 12.8. The van der Waals surface area contributed by atoms with E-state index in [0.29, 0.717) is 12.1 Å². The Labute approximate surface area is 129 Å². The monoisotopic (exact) mass is 292 g/mol. The largest absolute Gasteiger partial charge is 0.362 e. The van der Waals surface area contributed by atoms with Crippen LogP contribution in [0.5, 0.6) is 0 Å². The van der Waals surface area contributed by atoms with Gasteiger partial charge in [0.15, 0.2) is 0 Å². The summed E-state index contributed by atoms with van der Waals surface area (Å²) in [6.45, 7) is 0. The lowest BCUT2D eigenvalue weighted by molar-refractivity contribution is -0.122. The minimum absolute atomic E-state index is 0.0949. The van der Waals surface area contributed by atoms with Gasteiger partial charge in [-0.25, -0.2) is 4.90 Å². The molecule has 0 saturated carbocycles. The molecule has 22 heavy (non-hydrogen) atoms. The van der Waals surface area contributed by atoms with Crippen LogP contribution in [-0.4, -0.2) is 24.9 Å². The highest BCUT2D eigenvalue weighted by Gasteiger charge is 2.52. The SMILES string of the molecule is CN1c2ccccc2CC2C(=O)N(c3ccccc3)C(=O)C21. The molecule has 1 fully saturated rings. The summed E-state index contributed by atoms with van der Waals surface area (Å²) in [5.41, 5.74) is 2.83. The van der Waals surface area contributed by atoms with E-state index >= 15 is 0 Å². The van der Waals surface area contributed by atoms with Crippen molar-refractivity contribution in [3.63, 3.8) is 0 Å². The highest BCUT2D eigenvalue weighted by Crippen LogP contribution is 2.39. The van der Waals surface area contributed by atoms with Gasteiger partial charge in [0.25, 0.3) is 5.91 Å². The second-order valence-corrected chi connectivity index (χ2v) is 5.84. The van der Waals surface area contributed by atoms with Crippen molar-refractivity contribution in [3.8, 4) is 0 Å². The lowest BCUT2D eigenvalue weighted by Crippen LogP contribution is -2.45. The number of hydrogen-bond donors (Lipinski definition) is 0. The molecule has 2 atom stereocenters. The maximum absolute atomic E-state index is 12.8. The predicted molar refractivity (Wildman–Crippen MR) is 84.8 cm³/mol. The van der Waals surface area contributed by atoms with E-state index in [1.807, 2.05) is 54.4 Å². The summed E-state index contributed by atoms with van der Waals surface area (Å²) in [6.07, 6.45) is 0.624. The van der Waals surface area contributed by atoms with Crippen LogP contribution in [0.2, 0.25) is 0 Å². The molecule has 0 N–H and O–H groups in total. The van der Waals surface area contributed by atoms with Crippen molar-refractivity contribution in [3.05, 3.63) is 60.2 Å². The molecule has 2 unspecified atom stereocenters. The molecule has 2 heterocycles. The van der Waals surface area contributed by atoms with E-state index < -0.39 is 6.04 Å². The first kappa shape index (κ1) is 13.1. The number of carbonyl (C=O) groups excluding carboxylic acids is 2. The van der Waals surface area contributed by atoms with Gasteiger partial charge in [0, 0.05) is 12.7 Å². The Morgan fingerprint density at radius 2 is 1.59 bits per heavy atom. The second-order valence-electron chi connectivity index (χ2n) is 5.84. The van der Waals surface area contributed by atoms with Crippen LogP contribution in [0, 0.1) is 5.92 Å². The molecule has 4 rings (SSSR count). The van der Waals surface area contributed by atoms with Gasteiger partial charge in [0.05, 0.1) is 11.6 Å². The highest BCUT2D eigenvalue weighted by molar-refractivity contribution is 6.24. The van der Waals surface area contributed by atoms with Crippen LogP contribution in [-0.2, 0) is 16.0 Å². The van der Waals surface area contributed by atoms with Gasteiger partial charge < -0.3 is 4.90 Å². The van der Waals surface area contributed by atoms with Crippen LogP contribution in [0.15, 0.2) is 54.6 Å². The van der Waals surface area contributed by atoms with E-state index in [-0.39, 0.29) is 17.7 Å². The molecule has 0 aromatic heterocycles. The van der Waals surface area contributed by atoms with Gasteiger partial charge in [-0.3, -0.25) is 9.59 Å². The fraction of sp³-hybridized carbons (Fsp3) is 0.222. The molecule has 0 bridgehead atoms. The van der Waals surface area contributed by atoms with Crippen molar-refractivity contribution in [2.75, 3.05) is 16.8 Å². The number of hydrogen-bond acceptors (Lipinski definition) is 3. The second kappa shape index (κ2) is 4.70. The minimum Gasteiger partial charge on any atom is -0.362 e. The molecule has 110 valence electrons. The number of imide groups is 1.